The Kier molecular flexibility index (Phi) is 5.03. The molecule has 122 valence electrons. The van der Waals surface area contributed by atoms with Crippen LogP contribution in [0.25, 0.3) is 0 Å². The Labute approximate surface area is 139 Å². The number of benzene rings is 1. The van der Waals surface area contributed by atoms with Crippen LogP contribution in [0.5, 0.6) is 0 Å². The molecule has 0 bridgehead atoms. The summed E-state index contributed by atoms with van der Waals surface area (Å²) in [4.78, 5) is 16.5. The predicted octanol–water partition coefficient (Wildman–Crippen LogP) is 3.23. The highest BCUT2D eigenvalue weighted by atomic mass is 16.2. The van der Waals surface area contributed by atoms with Crippen molar-refractivity contribution in [2.75, 3.05) is 18.0 Å². The normalized spacial score (nSPS) is 24.8. The second-order valence-corrected chi connectivity index (χ2v) is 6.76. The largest absolute Gasteiger partial charge is 0.301 e. The summed E-state index contributed by atoms with van der Waals surface area (Å²) in [5.41, 5.74) is 2.30. The quantitative estimate of drug-likeness (QED) is 0.783. The molecule has 0 spiro atoms. The van der Waals surface area contributed by atoms with Crippen molar-refractivity contribution in [1.29, 1.82) is 0 Å². The zero-order chi connectivity index (χ0) is 16.2. The van der Waals surface area contributed by atoms with Crippen molar-refractivity contribution < 1.29 is 4.79 Å². The average molecular weight is 310 g/mol. The minimum absolute atomic E-state index is 0.192. The minimum atomic E-state index is 0.192. The first-order chi connectivity index (χ1) is 11.2. The van der Waals surface area contributed by atoms with Crippen molar-refractivity contribution in [3.8, 4) is 11.8 Å². The SMILES string of the molecule is C[C@@H]1CCC[C@@H](C)N1CC#CCN1C(=O)CCc2ccccc21. The smallest absolute Gasteiger partial charge is 0.228 e. The molecule has 0 N–H and O–H groups in total. The molecule has 2 atom stereocenters. The van der Waals surface area contributed by atoms with Gasteiger partial charge in [0.2, 0.25) is 5.91 Å². The summed E-state index contributed by atoms with van der Waals surface area (Å²) in [5.74, 6) is 6.72. The molecule has 2 aliphatic rings. The molecular weight excluding hydrogens is 284 g/mol. The van der Waals surface area contributed by atoms with Gasteiger partial charge in [0, 0.05) is 24.2 Å². The maximum Gasteiger partial charge on any atom is 0.228 e. The first-order valence-electron chi connectivity index (χ1n) is 8.76. The van der Waals surface area contributed by atoms with Crippen LogP contribution in [-0.4, -0.2) is 36.0 Å². The van der Waals surface area contributed by atoms with E-state index in [1.54, 1.807) is 0 Å². The minimum Gasteiger partial charge on any atom is -0.301 e. The maximum atomic E-state index is 12.2. The molecule has 0 radical (unpaired) electrons. The lowest BCUT2D eigenvalue weighted by molar-refractivity contribution is -0.118. The molecule has 2 aliphatic heterocycles. The Morgan fingerprint density at radius 2 is 1.74 bits per heavy atom. The van der Waals surface area contributed by atoms with Crippen molar-refractivity contribution in [3.05, 3.63) is 29.8 Å². The predicted molar refractivity (Wildman–Crippen MR) is 94.4 cm³/mol. The van der Waals surface area contributed by atoms with Gasteiger partial charge in [-0.3, -0.25) is 9.69 Å². The Hall–Kier alpha value is -1.79. The molecular formula is C20H26N2O. The lowest BCUT2D eigenvalue weighted by Gasteiger charge is -2.37. The van der Waals surface area contributed by atoms with Gasteiger partial charge < -0.3 is 4.90 Å². The van der Waals surface area contributed by atoms with E-state index < -0.39 is 0 Å². The van der Waals surface area contributed by atoms with Crippen LogP contribution in [0.2, 0.25) is 0 Å². The van der Waals surface area contributed by atoms with Crippen LogP contribution in [0, 0.1) is 11.8 Å². The zero-order valence-electron chi connectivity index (χ0n) is 14.2. The van der Waals surface area contributed by atoms with Gasteiger partial charge in [0.25, 0.3) is 0 Å². The van der Waals surface area contributed by atoms with Crippen molar-refractivity contribution in [2.24, 2.45) is 0 Å². The first-order valence-corrected chi connectivity index (χ1v) is 8.76. The van der Waals surface area contributed by atoms with Crippen LogP contribution < -0.4 is 4.90 Å². The Balaban J connectivity index is 1.64. The first kappa shape index (κ1) is 16.1. The fraction of sp³-hybridized carbons (Fsp3) is 0.550. The number of para-hydroxylation sites is 1. The lowest BCUT2D eigenvalue weighted by Crippen LogP contribution is -2.43. The second-order valence-electron chi connectivity index (χ2n) is 6.76. The van der Waals surface area contributed by atoms with Crippen LogP contribution in [0.1, 0.15) is 45.1 Å². The molecule has 1 aromatic carbocycles. The van der Waals surface area contributed by atoms with E-state index in [1.807, 2.05) is 23.1 Å². The summed E-state index contributed by atoms with van der Waals surface area (Å²) in [7, 11) is 0. The molecule has 0 unspecified atom stereocenters. The van der Waals surface area contributed by atoms with Crippen LogP contribution in [-0.2, 0) is 11.2 Å². The fourth-order valence-corrected chi connectivity index (χ4v) is 3.74. The number of piperidine rings is 1. The number of carbonyl (C=O) groups is 1. The number of nitrogens with zero attached hydrogens (tertiary/aromatic N) is 2. The van der Waals surface area contributed by atoms with E-state index in [1.165, 1.54) is 24.8 Å². The highest BCUT2D eigenvalue weighted by molar-refractivity contribution is 5.96. The molecule has 3 nitrogen and oxygen atoms in total. The number of hydrogen-bond donors (Lipinski definition) is 0. The van der Waals surface area contributed by atoms with Gasteiger partial charge in [-0.15, -0.1) is 0 Å². The maximum absolute atomic E-state index is 12.2. The summed E-state index contributed by atoms with van der Waals surface area (Å²) < 4.78 is 0. The van der Waals surface area contributed by atoms with Crippen molar-refractivity contribution >= 4 is 11.6 Å². The van der Waals surface area contributed by atoms with Crippen LogP contribution in [0.15, 0.2) is 24.3 Å². The van der Waals surface area contributed by atoms with Crippen LogP contribution in [0.3, 0.4) is 0 Å². The van der Waals surface area contributed by atoms with E-state index in [-0.39, 0.29) is 5.91 Å². The second kappa shape index (κ2) is 7.19. The van der Waals surface area contributed by atoms with Crippen LogP contribution >= 0.6 is 0 Å². The number of fused-ring (bicyclic) bond motifs is 1. The number of likely N-dealkylation sites (tertiary alicyclic amines) is 1. The van der Waals surface area contributed by atoms with Gasteiger partial charge in [-0.2, -0.15) is 0 Å². The van der Waals surface area contributed by atoms with Gasteiger partial charge in [-0.05, 0) is 44.7 Å². The highest BCUT2D eigenvalue weighted by Gasteiger charge is 2.24. The number of aryl methyl sites for hydroxylation is 1. The summed E-state index contributed by atoms with van der Waals surface area (Å²) in [5, 5.41) is 0. The number of amides is 1. The Morgan fingerprint density at radius 3 is 2.52 bits per heavy atom. The molecule has 1 fully saturated rings. The van der Waals surface area contributed by atoms with Gasteiger partial charge in [0.15, 0.2) is 0 Å². The van der Waals surface area contributed by atoms with E-state index >= 15 is 0 Å². The molecule has 0 aromatic heterocycles. The average Bonchev–Trinajstić information content (AvgIpc) is 2.55. The van der Waals surface area contributed by atoms with Gasteiger partial charge in [0.1, 0.15) is 0 Å². The highest BCUT2D eigenvalue weighted by Crippen LogP contribution is 2.27. The fourth-order valence-electron chi connectivity index (χ4n) is 3.74. The van der Waals surface area contributed by atoms with Gasteiger partial charge in [-0.25, -0.2) is 0 Å². The van der Waals surface area contributed by atoms with Crippen molar-refractivity contribution in [1.82, 2.24) is 4.90 Å². The molecule has 0 aliphatic carbocycles. The molecule has 3 rings (SSSR count). The lowest BCUT2D eigenvalue weighted by atomic mass is 9.98. The molecule has 23 heavy (non-hydrogen) atoms. The van der Waals surface area contributed by atoms with Gasteiger partial charge in [-0.1, -0.05) is 36.5 Å². The van der Waals surface area contributed by atoms with Crippen molar-refractivity contribution in [2.45, 2.75) is 58.0 Å². The van der Waals surface area contributed by atoms with E-state index in [0.717, 1.165) is 18.7 Å². The van der Waals surface area contributed by atoms with Gasteiger partial charge in [0.05, 0.1) is 13.1 Å². The molecule has 2 heterocycles. The molecule has 1 saturated heterocycles. The number of rotatable bonds is 2. The number of hydrogen-bond acceptors (Lipinski definition) is 2. The van der Waals surface area contributed by atoms with E-state index in [4.69, 9.17) is 0 Å². The number of anilines is 1. The van der Waals surface area contributed by atoms with Gasteiger partial charge >= 0.3 is 0 Å². The third-order valence-electron chi connectivity index (χ3n) is 5.19. The summed E-state index contributed by atoms with van der Waals surface area (Å²) in [6, 6.07) is 9.41. The summed E-state index contributed by atoms with van der Waals surface area (Å²) >= 11 is 0. The van der Waals surface area contributed by atoms with E-state index in [9.17, 15) is 4.79 Å². The Bertz CT molecular complexity index is 618. The summed E-state index contributed by atoms with van der Waals surface area (Å²) in [6.07, 6.45) is 5.31. The molecule has 0 saturated carbocycles. The topological polar surface area (TPSA) is 23.6 Å². The summed E-state index contributed by atoms with van der Waals surface area (Å²) in [6.45, 7) is 5.90. The monoisotopic (exact) mass is 310 g/mol. The Morgan fingerprint density at radius 1 is 1.04 bits per heavy atom. The van der Waals surface area contributed by atoms with E-state index in [0.29, 0.717) is 25.0 Å². The zero-order valence-corrected chi connectivity index (χ0v) is 14.2. The van der Waals surface area contributed by atoms with E-state index in [2.05, 4.69) is 36.7 Å². The third-order valence-corrected chi connectivity index (χ3v) is 5.19. The molecule has 3 heteroatoms. The molecule has 1 aromatic rings. The number of carbonyl (C=O) groups excluding carboxylic acids is 1. The van der Waals surface area contributed by atoms with Crippen LogP contribution in [0.4, 0.5) is 5.69 Å². The molecule has 1 amide bonds. The van der Waals surface area contributed by atoms with Crippen molar-refractivity contribution in [3.63, 3.8) is 0 Å². The standard InChI is InChI=1S/C20H26N2O/c1-16-8-7-9-17(2)21(16)14-5-6-15-22-19-11-4-3-10-18(19)12-13-20(22)23/h3-4,10-11,16-17H,7-9,12-15H2,1-2H3/t16-,17-/m1/s1. The third kappa shape index (κ3) is 3.59.